The van der Waals surface area contributed by atoms with E-state index in [9.17, 15) is 4.79 Å². The first-order valence-corrected chi connectivity index (χ1v) is 7.31. The van der Waals surface area contributed by atoms with Crippen LogP contribution in [0.3, 0.4) is 0 Å². The highest BCUT2D eigenvalue weighted by Gasteiger charge is 2.24. The molecule has 23 heavy (non-hydrogen) atoms. The van der Waals surface area contributed by atoms with Crippen LogP contribution in [0.25, 0.3) is 6.08 Å². The van der Waals surface area contributed by atoms with Crippen molar-refractivity contribution < 1.29 is 14.3 Å². The molecule has 1 heterocycles. The SMILES string of the molecule is COc1ccccc1/C=C1\N=C(c2ccc(C)c(C)c2)OC1=O. The van der Waals surface area contributed by atoms with Crippen molar-refractivity contribution in [2.75, 3.05) is 7.11 Å². The lowest BCUT2D eigenvalue weighted by molar-refractivity contribution is -0.129. The number of hydrogen-bond donors (Lipinski definition) is 0. The van der Waals surface area contributed by atoms with Crippen molar-refractivity contribution in [3.8, 4) is 5.75 Å². The van der Waals surface area contributed by atoms with Gasteiger partial charge in [0.2, 0.25) is 5.90 Å². The lowest BCUT2D eigenvalue weighted by atomic mass is 10.1. The summed E-state index contributed by atoms with van der Waals surface area (Å²) in [6.45, 7) is 4.05. The Bertz CT molecular complexity index is 834. The summed E-state index contributed by atoms with van der Waals surface area (Å²) in [4.78, 5) is 16.4. The molecule has 0 unspecified atom stereocenters. The number of esters is 1. The van der Waals surface area contributed by atoms with Gasteiger partial charge in [-0.25, -0.2) is 9.79 Å². The number of methoxy groups -OCH3 is 1. The van der Waals surface area contributed by atoms with Crippen LogP contribution in [0.1, 0.15) is 22.3 Å². The Labute approximate surface area is 135 Å². The number of ether oxygens (including phenoxy) is 2. The van der Waals surface area contributed by atoms with Crippen molar-refractivity contribution >= 4 is 17.9 Å². The number of aryl methyl sites for hydroxylation is 2. The number of aliphatic imine (C=N–C) groups is 1. The molecule has 1 aliphatic heterocycles. The van der Waals surface area contributed by atoms with Crippen molar-refractivity contribution in [2.45, 2.75) is 13.8 Å². The van der Waals surface area contributed by atoms with Crippen LogP contribution in [0.15, 0.2) is 53.2 Å². The third kappa shape index (κ3) is 3.01. The number of nitrogens with zero attached hydrogens (tertiary/aromatic N) is 1. The minimum atomic E-state index is -0.455. The Balaban J connectivity index is 1.98. The molecule has 3 rings (SSSR count). The second-order valence-electron chi connectivity index (χ2n) is 5.38. The Hall–Kier alpha value is -2.88. The normalized spacial score (nSPS) is 15.5. The van der Waals surface area contributed by atoms with Gasteiger partial charge in [0.05, 0.1) is 7.11 Å². The fourth-order valence-electron chi connectivity index (χ4n) is 2.34. The highest BCUT2D eigenvalue weighted by atomic mass is 16.6. The van der Waals surface area contributed by atoms with Gasteiger partial charge in [-0.2, -0.15) is 0 Å². The molecule has 2 aromatic carbocycles. The maximum Gasteiger partial charge on any atom is 0.363 e. The number of carbonyl (C=O) groups excluding carboxylic acids is 1. The molecule has 0 aromatic heterocycles. The molecule has 116 valence electrons. The van der Waals surface area contributed by atoms with Crippen LogP contribution in [0.4, 0.5) is 0 Å². The second kappa shape index (κ2) is 6.08. The lowest BCUT2D eigenvalue weighted by Gasteiger charge is -2.03. The average Bonchev–Trinajstić information content (AvgIpc) is 2.91. The first-order valence-electron chi connectivity index (χ1n) is 7.31. The van der Waals surface area contributed by atoms with Gasteiger partial charge in [-0.05, 0) is 49.2 Å². The lowest BCUT2D eigenvalue weighted by Crippen LogP contribution is -2.05. The van der Waals surface area contributed by atoms with E-state index >= 15 is 0 Å². The standard InChI is InChI=1S/C19H17NO3/c1-12-8-9-15(10-13(12)2)18-20-16(19(21)23-18)11-14-6-4-5-7-17(14)22-3/h4-11H,1-3H3/b16-11-. The van der Waals surface area contributed by atoms with Gasteiger partial charge in [-0.1, -0.05) is 24.3 Å². The number of cyclic esters (lactones) is 1. The summed E-state index contributed by atoms with van der Waals surface area (Å²) in [5.41, 5.74) is 4.16. The molecule has 0 atom stereocenters. The van der Waals surface area contributed by atoms with Crippen molar-refractivity contribution in [1.82, 2.24) is 0 Å². The molecule has 0 aliphatic carbocycles. The summed E-state index contributed by atoms with van der Waals surface area (Å²) in [5.74, 6) is 0.561. The molecule has 0 radical (unpaired) electrons. The van der Waals surface area contributed by atoms with Crippen LogP contribution < -0.4 is 4.74 Å². The van der Waals surface area contributed by atoms with Crippen LogP contribution in [0.2, 0.25) is 0 Å². The van der Waals surface area contributed by atoms with Crippen LogP contribution in [-0.4, -0.2) is 19.0 Å². The third-order valence-electron chi connectivity index (χ3n) is 3.81. The fourth-order valence-corrected chi connectivity index (χ4v) is 2.34. The maximum absolute atomic E-state index is 12.1. The van der Waals surface area contributed by atoms with Crippen molar-refractivity contribution in [1.29, 1.82) is 0 Å². The van der Waals surface area contributed by atoms with Gasteiger partial charge in [-0.15, -0.1) is 0 Å². The van der Waals surface area contributed by atoms with Crippen LogP contribution in [0.5, 0.6) is 5.75 Å². The number of rotatable bonds is 3. The first-order chi connectivity index (χ1) is 11.1. The number of carbonyl (C=O) groups is 1. The number of hydrogen-bond acceptors (Lipinski definition) is 4. The molecule has 4 heteroatoms. The van der Waals surface area contributed by atoms with E-state index in [4.69, 9.17) is 9.47 Å². The van der Waals surface area contributed by atoms with E-state index in [1.807, 2.05) is 56.3 Å². The summed E-state index contributed by atoms with van der Waals surface area (Å²) in [6.07, 6.45) is 1.68. The van der Waals surface area contributed by atoms with Crippen molar-refractivity contribution in [3.05, 3.63) is 70.4 Å². The van der Waals surface area contributed by atoms with Crippen molar-refractivity contribution in [3.63, 3.8) is 0 Å². The number of para-hydroxylation sites is 1. The fraction of sp³-hybridized carbons (Fsp3) is 0.158. The molecule has 4 nitrogen and oxygen atoms in total. The summed E-state index contributed by atoms with van der Waals surface area (Å²) in [6, 6.07) is 13.3. The molecule has 0 spiro atoms. The third-order valence-corrected chi connectivity index (χ3v) is 3.81. The van der Waals surface area contributed by atoms with Crippen LogP contribution in [0, 0.1) is 13.8 Å². The van der Waals surface area contributed by atoms with Gasteiger partial charge in [0.1, 0.15) is 5.75 Å². The van der Waals surface area contributed by atoms with E-state index in [0.717, 1.165) is 16.7 Å². The molecule has 2 aromatic rings. The minimum Gasteiger partial charge on any atom is -0.496 e. The molecule has 0 N–H and O–H groups in total. The van der Waals surface area contributed by atoms with Gasteiger partial charge < -0.3 is 9.47 Å². The summed E-state index contributed by atoms with van der Waals surface area (Å²) in [7, 11) is 1.59. The zero-order valence-corrected chi connectivity index (χ0v) is 13.3. The maximum atomic E-state index is 12.1. The van der Waals surface area contributed by atoms with E-state index in [-0.39, 0.29) is 5.70 Å². The van der Waals surface area contributed by atoms with Gasteiger partial charge in [0.15, 0.2) is 5.70 Å². The molecule has 0 saturated carbocycles. The predicted molar refractivity (Wildman–Crippen MR) is 89.5 cm³/mol. The Morgan fingerprint density at radius 3 is 2.61 bits per heavy atom. The van der Waals surface area contributed by atoms with E-state index in [2.05, 4.69) is 4.99 Å². The highest BCUT2D eigenvalue weighted by molar-refractivity contribution is 6.13. The topological polar surface area (TPSA) is 47.9 Å². The summed E-state index contributed by atoms with van der Waals surface area (Å²) in [5, 5.41) is 0. The Kier molecular flexibility index (Phi) is 3.98. The molecular formula is C19H17NO3. The zero-order chi connectivity index (χ0) is 16.4. The van der Waals surface area contributed by atoms with E-state index in [1.54, 1.807) is 13.2 Å². The van der Waals surface area contributed by atoms with E-state index in [1.165, 1.54) is 5.56 Å². The monoisotopic (exact) mass is 307 g/mol. The number of benzene rings is 2. The molecule has 0 bridgehead atoms. The van der Waals surface area contributed by atoms with Gasteiger partial charge >= 0.3 is 5.97 Å². The highest BCUT2D eigenvalue weighted by Crippen LogP contribution is 2.24. The Morgan fingerprint density at radius 1 is 1.09 bits per heavy atom. The molecule has 1 aliphatic rings. The van der Waals surface area contributed by atoms with Crippen LogP contribution >= 0.6 is 0 Å². The van der Waals surface area contributed by atoms with Crippen molar-refractivity contribution in [2.24, 2.45) is 4.99 Å². The largest absolute Gasteiger partial charge is 0.496 e. The van der Waals surface area contributed by atoms with Gasteiger partial charge in [0, 0.05) is 11.1 Å². The first kappa shape index (κ1) is 15.0. The molecule has 0 fully saturated rings. The van der Waals surface area contributed by atoms with E-state index < -0.39 is 5.97 Å². The minimum absolute atomic E-state index is 0.266. The summed E-state index contributed by atoms with van der Waals surface area (Å²) >= 11 is 0. The Morgan fingerprint density at radius 2 is 1.87 bits per heavy atom. The zero-order valence-electron chi connectivity index (χ0n) is 13.3. The second-order valence-corrected chi connectivity index (χ2v) is 5.38. The van der Waals surface area contributed by atoms with Gasteiger partial charge in [-0.3, -0.25) is 0 Å². The molecule has 0 saturated heterocycles. The summed E-state index contributed by atoms with van der Waals surface area (Å²) < 4.78 is 10.6. The smallest absolute Gasteiger partial charge is 0.363 e. The van der Waals surface area contributed by atoms with E-state index in [0.29, 0.717) is 11.6 Å². The van der Waals surface area contributed by atoms with Crippen LogP contribution in [-0.2, 0) is 9.53 Å². The predicted octanol–water partition coefficient (Wildman–Crippen LogP) is 3.66. The van der Waals surface area contributed by atoms with Gasteiger partial charge in [0.25, 0.3) is 0 Å². The quantitative estimate of drug-likeness (QED) is 0.642. The average molecular weight is 307 g/mol. The molecule has 0 amide bonds. The molecular weight excluding hydrogens is 290 g/mol.